The van der Waals surface area contributed by atoms with Gasteiger partial charge in [-0.3, -0.25) is 4.72 Å². The maximum Gasteiger partial charge on any atom is 0.299 e. The van der Waals surface area contributed by atoms with Crippen LogP contribution in [0, 0.1) is 13.8 Å². The number of nitrogens with zero attached hydrogens (tertiary/aromatic N) is 4. The van der Waals surface area contributed by atoms with Crippen LogP contribution in [0.2, 0.25) is 5.02 Å². The predicted octanol–water partition coefficient (Wildman–Crippen LogP) is 2.18. The van der Waals surface area contributed by atoms with Gasteiger partial charge in [-0.1, -0.05) is 17.7 Å². The van der Waals surface area contributed by atoms with Crippen molar-refractivity contribution < 1.29 is 17.9 Å². The number of benzene rings is 1. The zero-order chi connectivity index (χ0) is 18.9. The summed E-state index contributed by atoms with van der Waals surface area (Å²) in [5.74, 6) is 0.412. The zero-order valence-corrected chi connectivity index (χ0v) is 15.8. The van der Waals surface area contributed by atoms with E-state index in [2.05, 4.69) is 19.8 Å². The van der Waals surface area contributed by atoms with E-state index in [1.807, 2.05) is 0 Å². The number of aryl methyl sites for hydroxylation is 2. The second-order valence-electron chi connectivity index (χ2n) is 5.41. The third-order valence-corrected chi connectivity index (χ3v) is 4.82. The van der Waals surface area contributed by atoms with Crippen molar-refractivity contribution in [1.29, 1.82) is 0 Å². The molecule has 2 aromatic heterocycles. The molecule has 2 heterocycles. The highest BCUT2D eigenvalue weighted by atomic mass is 35.5. The number of halogens is 1. The van der Waals surface area contributed by atoms with Gasteiger partial charge in [0.15, 0.2) is 6.79 Å². The van der Waals surface area contributed by atoms with Crippen molar-refractivity contribution in [3.63, 3.8) is 0 Å². The molecule has 0 spiro atoms. The molecule has 0 radical (unpaired) electrons. The Kier molecular flexibility index (Phi) is 4.99. The lowest BCUT2D eigenvalue weighted by atomic mass is 10.3. The van der Waals surface area contributed by atoms with E-state index in [0.717, 1.165) is 0 Å². The van der Waals surface area contributed by atoms with Crippen molar-refractivity contribution in [1.82, 2.24) is 19.6 Å². The topological polar surface area (TPSA) is 108 Å². The number of hydrogen-bond acceptors (Lipinski definition) is 7. The quantitative estimate of drug-likeness (QED) is 0.635. The Hall–Kier alpha value is -2.43. The monoisotopic (exact) mass is 397 g/mol. The molecule has 0 saturated carbocycles. The van der Waals surface area contributed by atoms with Crippen LogP contribution in [-0.2, 0) is 14.8 Å². The maximum atomic E-state index is 12.7. The van der Waals surface area contributed by atoms with Crippen LogP contribution in [-0.4, -0.2) is 41.9 Å². The fourth-order valence-electron chi connectivity index (χ4n) is 2.29. The summed E-state index contributed by atoms with van der Waals surface area (Å²) < 4.78 is 39.4. The van der Waals surface area contributed by atoms with Crippen LogP contribution in [0.15, 0.2) is 29.4 Å². The summed E-state index contributed by atoms with van der Waals surface area (Å²) in [7, 11) is -2.66. The second kappa shape index (κ2) is 7.06. The molecule has 0 atom stereocenters. The van der Waals surface area contributed by atoms with Gasteiger partial charge in [0.2, 0.25) is 0 Å². The van der Waals surface area contributed by atoms with Gasteiger partial charge >= 0.3 is 0 Å². The van der Waals surface area contributed by atoms with Gasteiger partial charge in [-0.15, -0.1) is 5.10 Å². The normalized spacial score (nSPS) is 11.7. The molecule has 0 aliphatic heterocycles. The van der Waals surface area contributed by atoms with Crippen molar-refractivity contribution in [2.75, 3.05) is 18.6 Å². The number of ether oxygens (including phenoxy) is 2. The Bertz CT molecular complexity index is 1070. The largest absolute Gasteiger partial charge is 0.465 e. The minimum absolute atomic E-state index is 0.0654. The summed E-state index contributed by atoms with van der Waals surface area (Å²) in [5, 5.41) is 3.77. The molecule has 1 N–H and O–H groups in total. The SMILES string of the molecule is COCOc1cccc(Cl)c1NS(=O)(=O)c1nc2nc(C)cc(C)n2n1. The lowest BCUT2D eigenvalue weighted by molar-refractivity contribution is 0.0517. The average molecular weight is 398 g/mol. The summed E-state index contributed by atoms with van der Waals surface area (Å²) in [5.41, 5.74) is 1.50. The molecule has 0 saturated heterocycles. The first kappa shape index (κ1) is 18.4. The highest BCUT2D eigenvalue weighted by Gasteiger charge is 2.24. The molecule has 0 amide bonds. The number of sulfonamides is 1. The van der Waals surface area contributed by atoms with Crippen LogP contribution in [0.5, 0.6) is 5.75 Å². The Morgan fingerprint density at radius 3 is 2.77 bits per heavy atom. The summed E-state index contributed by atoms with van der Waals surface area (Å²) in [4.78, 5) is 8.19. The Morgan fingerprint density at radius 2 is 2.04 bits per heavy atom. The second-order valence-corrected chi connectivity index (χ2v) is 7.40. The van der Waals surface area contributed by atoms with E-state index in [9.17, 15) is 8.42 Å². The molecule has 0 fully saturated rings. The molecule has 0 aliphatic rings. The zero-order valence-electron chi connectivity index (χ0n) is 14.2. The van der Waals surface area contributed by atoms with Gasteiger partial charge in [0.1, 0.15) is 11.4 Å². The highest BCUT2D eigenvalue weighted by Crippen LogP contribution is 2.33. The first-order valence-electron chi connectivity index (χ1n) is 7.46. The van der Waals surface area contributed by atoms with Crippen LogP contribution in [0.4, 0.5) is 5.69 Å². The average Bonchev–Trinajstić information content (AvgIpc) is 3.00. The van der Waals surface area contributed by atoms with Gasteiger partial charge in [-0.05, 0) is 32.0 Å². The fraction of sp³-hybridized carbons (Fsp3) is 0.267. The number of para-hydroxylation sites is 1. The maximum absolute atomic E-state index is 12.7. The molecule has 1 aromatic carbocycles. The van der Waals surface area contributed by atoms with Crippen LogP contribution in [0.3, 0.4) is 0 Å². The van der Waals surface area contributed by atoms with Crippen LogP contribution >= 0.6 is 11.6 Å². The van der Waals surface area contributed by atoms with E-state index in [1.165, 1.54) is 17.7 Å². The van der Waals surface area contributed by atoms with E-state index < -0.39 is 15.2 Å². The number of nitrogens with one attached hydrogen (secondary N) is 1. The number of methoxy groups -OCH3 is 1. The first-order valence-corrected chi connectivity index (χ1v) is 9.32. The van der Waals surface area contributed by atoms with Crippen LogP contribution < -0.4 is 9.46 Å². The van der Waals surface area contributed by atoms with E-state index in [1.54, 1.807) is 32.0 Å². The number of hydrogen-bond donors (Lipinski definition) is 1. The predicted molar refractivity (Wildman–Crippen MR) is 95.0 cm³/mol. The Labute approximate surface area is 155 Å². The van der Waals surface area contributed by atoms with Gasteiger partial charge in [-0.2, -0.15) is 13.4 Å². The molecule has 26 heavy (non-hydrogen) atoms. The van der Waals surface area contributed by atoms with Crippen LogP contribution in [0.25, 0.3) is 5.78 Å². The smallest absolute Gasteiger partial charge is 0.299 e. The lowest BCUT2D eigenvalue weighted by Crippen LogP contribution is -2.16. The van der Waals surface area contributed by atoms with Gasteiger partial charge in [0, 0.05) is 18.5 Å². The number of aromatic nitrogens is 4. The van der Waals surface area contributed by atoms with Crippen molar-refractivity contribution in [2.45, 2.75) is 19.0 Å². The number of fused-ring (bicyclic) bond motifs is 1. The molecule has 0 aliphatic carbocycles. The summed E-state index contributed by atoms with van der Waals surface area (Å²) in [6.07, 6.45) is 0. The molecular weight excluding hydrogens is 382 g/mol. The van der Waals surface area contributed by atoms with E-state index in [4.69, 9.17) is 21.1 Å². The molecule has 0 unspecified atom stereocenters. The number of anilines is 1. The van der Waals surface area contributed by atoms with E-state index in [0.29, 0.717) is 11.4 Å². The molecule has 0 bridgehead atoms. The molecular formula is C15H16ClN5O4S. The third-order valence-electron chi connectivity index (χ3n) is 3.38. The van der Waals surface area contributed by atoms with Crippen molar-refractivity contribution >= 4 is 33.1 Å². The van der Waals surface area contributed by atoms with Gasteiger partial charge in [0.25, 0.3) is 21.0 Å². The molecule has 9 nitrogen and oxygen atoms in total. The van der Waals surface area contributed by atoms with Gasteiger partial charge < -0.3 is 9.47 Å². The highest BCUT2D eigenvalue weighted by molar-refractivity contribution is 7.92. The first-order chi connectivity index (χ1) is 12.3. The molecule has 3 aromatic rings. The molecule has 138 valence electrons. The van der Waals surface area contributed by atoms with Gasteiger partial charge in [0.05, 0.1) is 5.02 Å². The molecule has 11 heteroatoms. The standard InChI is InChI=1S/C15H16ClN5O4S/c1-9-7-10(2)21-14(17-9)18-15(19-21)26(22,23)20-13-11(16)5-4-6-12(13)25-8-24-3/h4-7,20H,8H2,1-3H3. The molecule has 3 rings (SSSR count). The van der Waals surface area contributed by atoms with E-state index >= 15 is 0 Å². The summed E-state index contributed by atoms with van der Waals surface area (Å²) in [6.45, 7) is 3.51. The summed E-state index contributed by atoms with van der Waals surface area (Å²) >= 11 is 6.12. The minimum atomic E-state index is -4.11. The summed E-state index contributed by atoms with van der Waals surface area (Å²) in [6, 6.07) is 6.50. The third kappa shape index (κ3) is 3.57. The van der Waals surface area contributed by atoms with Crippen molar-refractivity contribution in [2.24, 2.45) is 0 Å². The lowest BCUT2D eigenvalue weighted by Gasteiger charge is -2.13. The Balaban J connectivity index is 2.01. The Morgan fingerprint density at radius 1 is 1.27 bits per heavy atom. The van der Waals surface area contributed by atoms with E-state index in [-0.39, 0.29) is 29.0 Å². The van der Waals surface area contributed by atoms with Gasteiger partial charge in [-0.25, -0.2) is 9.50 Å². The minimum Gasteiger partial charge on any atom is -0.465 e. The number of rotatable bonds is 6. The van der Waals surface area contributed by atoms with Crippen LogP contribution in [0.1, 0.15) is 11.4 Å². The fourth-order valence-corrected chi connectivity index (χ4v) is 3.52. The van der Waals surface area contributed by atoms with Crippen molar-refractivity contribution in [3.8, 4) is 5.75 Å². The van der Waals surface area contributed by atoms with Crippen molar-refractivity contribution in [3.05, 3.63) is 40.7 Å².